The fourth-order valence-electron chi connectivity index (χ4n) is 0.885. The topological polar surface area (TPSA) is 30.2 Å². The first kappa shape index (κ1) is 7.94. The summed E-state index contributed by atoms with van der Waals surface area (Å²) in [6, 6.07) is 1.26. The molecule has 62 valence electrons. The molecule has 2 rings (SSSR count). The van der Waals surface area contributed by atoms with Crippen LogP contribution in [0.2, 0.25) is 5.15 Å². The third-order valence-corrected chi connectivity index (χ3v) is 2.32. The highest BCUT2D eigenvalue weighted by Crippen LogP contribution is 2.22. The third kappa shape index (κ3) is 1.01. The lowest BCUT2D eigenvalue weighted by molar-refractivity contribution is 0.614. The van der Waals surface area contributed by atoms with E-state index in [1.165, 1.54) is 16.9 Å². The van der Waals surface area contributed by atoms with Crippen molar-refractivity contribution >= 4 is 33.2 Å². The number of hydrogen-bond donors (Lipinski definition) is 0. The Balaban J connectivity index is 2.97. The summed E-state index contributed by atoms with van der Waals surface area (Å²) in [5, 5.41) is 3.68. The van der Waals surface area contributed by atoms with E-state index in [4.69, 9.17) is 11.6 Å². The molecule has 2 heterocycles. The van der Waals surface area contributed by atoms with Gasteiger partial charge in [-0.25, -0.2) is 9.37 Å². The van der Waals surface area contributed by atoms with Gasteiger partial charge in [0.05, 0.1) is 4.47 Å². The molecule has 0 spiro atoms. The van der Waals surface area contributed by atoms with Gasteiger partial charge >= 0.3 is 0 Å². The Morgan fingerprint density at radius 1 is 1.58 bits per heavy atom. The molecular formula is C6H2BrClFN3. The summed E-state index contributed by atoms with van der Waals surface area (Å²) in [6.07, 6.45) is 1.31. The Labute approximate surface area is 80.3 Å². The van der Waals surface area contributed by atoms with Gasteiger partial charge in [-0.1, -0.05) is 11.6 Å². The van der Waals surface area contributed by atoms with Crippen LogP contribution in [0.5, 0.6) is 0 Å². The number of aromatic nitrogens is 3. The summed E-state index contributed by atoms with van der Waals surface area (Å²) >= 11 is 8.74. The summed E-state index contributed by atoms with van der Waals surface area (Å²) in [7, 11) is 0. The standard InChI is InChI=1S/C6H2BrClFN3/c7-3-1-4(9)5(8)12-6(3)10-2-11-12/h1-2H. The van der Waals surface area contributed by atoms with Gasteiger partial charge in [0.2, 0.25) is 0 Å². The fourth-order valence-corrected chi connectivity index (χ4v) is 1.53. The molecule has 3 nitrogen and oxygen atoms in total. The van der Waals surface area contributed by atoms with Crippen molar-refractivity contribution in [2.24, 2.45) is 0 Å². The van der Waals surface area contributed by atoms with Crippen LogP contribution in [0.15, 0.2) is 16.9 Å². The van der Waals surface area contributed by atoms with E-state index in [1.807, 2.05) is 0 Å². The molecule has 0 aromatic carbocycles. The second-order valence-corrected chi connectivity index (χ2v) is 3.34. The number of halogens is 3. The van der Waals surface area contributed by atoms with Crippen LogP contribution >= 0.6 is 27.5 Å². The van der Waals surface area contributed by atoms with E-state index in [1.54, 1.807) is 0 Å². The van der Waals surface area contributed by atoms with Gasteiger partial charge in [0, 0.05) is 0 Å². The van der Waals surface area contributed by atoms with E-state index >= 15 is 0 Å². The molecule has 0 fully saturated rings. The molecule has 12 heavy (non-hydrogen) atoms. The van der Waals surface area contributed by atoms with Gasteiger partial charge in [0.1, 0.15) is 6.33 Å². The SMILES string of the molecule is Fc1cc(Br)c2ncnn2c1Cl. The lowest BCUT2D eigenvalue weighted by Gasteiger charge is -1.98. The van der Waals surface area contributed by atoms with Crippen molar-refractivity contribution in [3.05, 3.63) is 27.8 Å². The zero-order chi connectivity index (χ0) is 8.72. The van der Waals surface area contributed by atoms with E-state index in [0.29, 0.717) is 10.1 Å². The lowest BCUT2D eigenvalue weighted by Crippen LogP contribution is -1.93. The monoisotopic (exact) mass is 249 g/mol. The van der Waals surface area contributed by atoms with E-state index < -0.39 is 5.82 Å². The van der Waals surface area contributed by atoms with Crippen LogP contribution in [0.3, 0.4) is 0 Å². The smallest absolute Gasteiger partial charge is 0.171 e. The first-order valence-corrected chi connectivity index (χ1v) is 4.20. The number of hydrogen-bond acceptors (Lipinski definition) is 2. The molecule has 2 aromatic heterocycles. The summed E-state index contributed by atoms with van der Waals surface area (Å²) in [4.78, 5) is 3.87. The van der Waals surface area contributed by atoms with E-state index in [-0.39, 0.29) is 5.15 Å². The highest BCUT2D eigenvalue weighted by Gasteiger charge is 2.09. The zero-order valence-corrected chi connectivity index (χ0v) is 7.97. The van der Waals surface area contributed by atoms with E-state index in [2.05, 4.69) is 26.0 Å². The van der Waals surface area contributed by atoms with Gasteiger partial charge in [-0.2, -0.15) is 9.61 Å². The predicted molar refractivity (Wildman–Crippen MR) is 45.7 cm³/mol. The highest BCUT2D eigenvalue weighted by molar-refractivity contribution is 9.10. The van der Waals surface area contributed by atoms with Gasteiger partial charge < -0.3 is 0 Å². The quantitative estimate of drug-likeness (QED) is 0.672. The lowest BCUT2D eigenvalue weighted by atomic mass is 10.5. The number of pyridine rings is 1. The van der Waals surface area contributed by atoms with Gasteiger partial charge in [0.25, 0.3) is 0 Å². The maximum Gasteiger partial charge on any atom is 0.171 e. The van der Waals surface area contributed by atoms with Gasteiger partial charge in [-0.15, -0.1) is 0 Å². The van der Waals surface area contributed by atoms with E-state index in [0.717, 1.165) is 0 Å². The van der Waals surface area contributed by atoms with Crippen molar-refractivity contribution in [2.75, 3.05) is 0 Å². The van der Waals surface area contributed by atoms with Crippen molar-refractivity contribution in [2.45, 2.75) is 0 Å². The van der Waals surface area contributed by atoms with Gasteiger partial charge in [-0.05, 0) is 22.0 Å². The minimum atomic E-state index is -0.526. The second-order valence-electron chi connectivity index (χ2n) is 2.13. The molecule has 0 radical (unpaired) electrons. The van der Waals surface area contributed by atoms with Crippen LogP contribution in [0, 0.1) is 5.82 Å². The summed E-state index contributed by atoms with van der Waals surface area (Å²) in [6.45, 7) is 0. The van der Waals surface area contributed by atoms with Crippen LogP contribution in [-0.4, -0.2) is 14.6 Å². The average molecular weight is 250 g/mol. The van der Waals surface area contributed by atoms with Crippen LogP contribution in [0.25, 0.3) is 5.65 Å². The van der Waals surface area contributed by atoms with Crippen LogP contribution in [0.1, 0.15) is 0 Å². The van der Waals surface area contributed by atoms with Crippen molar-refractivity contribution in [3.63, 3.8) is 0 Å². The molecule has 6 heteroatoms. The Kier molecular flexibility index (Phi) is 1.77. The molecular weight excluding hydrogens is 248 g/mol. The highest BCUT2D eigenvalue weighted by atomic mass is 79.9. The molecule has 0 amide bonds. The Hall–Kier alpha value is -0.680. The second kappa shape index (κ2) is 2.67. The van der Waals surface area contributed by atoms with Crippen molar-refractivity contribution in [1.29, 1.82) is 0 Å². The van der Waals surface area contributed by atoms with E-state index in [9.17, 15) is 4.39 Å². The van der Waals surface area contributed by atoms with Gasteiger partial charge in [0.15, 0.2) is 16.6 Å². The Morgan fingerprint density at radius 3 is 3.08 bits per heavy atom. The first-order chi connectivity index (χ1) is 5.70. The molecule has 0 atom stereocenters. The summed E-state index contributed by atoms with van der Waals surface area (Å²) in [5.41, 5.74) is 0.501. The Morgan fingerprint density at radius 2 is 2.33 bits per heavy atom. The molecule has 0 aliphatic rings. The number of fused-ring (bicyclic) bond motifs is 1. The number of nitrogens with zero attached hydrogens (tertiary/aromatic N) is 3. The summed E-state index contributed by atoms with van der Waals surface area (Å²) < 4.78 is 14.7. The molecule has 0 N–H and O–H groups in total. The fraction of sp³-hybridized carbons (Fsp3) is 0. The molecule has 0 aliphatic carbocycles. The van der Waals surface area contributed by atoms with Crippen LogP contribution < -0.4 is 0 Å². The maximum atomic E-state index is 12.9. The first-order valence-electron chi connectivity index (χ1n) is 3.03. The van der Waals surface area contributed by atoms with Crippen LogP contribution in [0.4, 0.5) is 4.39 Å². The normalized spacial score (nSPS) is 10.9. The third-order valence-electron chi connectivity index (χ3n) is 1.40. The Bertz CT molecular complexity index is 442. The minimum absolute atomic E-state index is 0.0642. The van der Waals surface area contributed by atoms with Gasteiger partial charge in [-0.3, -0.25) is 0 Å². The molecule has 2 aromatic rings. The number of rotatable bonds is 0. The molecule has 0 saturated carbocycles. The molecule has 0 aliphatic heterocycles. The molecule has 0 bridgehead atoms. The molecule has 0 saturated heterocycles. The zero-order valence-electron chi connectivity index (χ0n) is 5.63. The van der Waals surface area contributed by atoms with Crippen molar-refractivity contribution < 1.29 is 4.39 Å². The predicted octanol–water partition coefficient (Wildman–Crippen LogP) is 2.28. The van der Waals surface area contributed by atoms with Crippen LogP contribution in [-0.2, 0) is 0 Å². The van der Waals surface area contributed by atoms with Crippen molar-refractivity contribution in [1.82, 2.24) is 14.6 Å². The summed E-state index contributed by atoms with van der Waals surface area (Å²) in [5.74, 6) is -0.526. The minimum Gasteiger partial charge on any atom is -0.214 e. The largest absolute Gasteiger partial charge is 0.214 e. The van der Waals surface area contributed by atoms with Crippen molar-refractivity contribution in [3.8, 4) is 0 Å². The maximum absolute atomic E-state index is 12.9. The average Bonchev–Trinajstić information content (AvgIpc) is 2.48. The molecule has 0 unspecified atom stereocenters.